The lowest BCUT2D eigenvalue weighted by Crippen LogP contribution is -2.37. The van der Waals surface area contributed by atoms with Gasteiger partial charge in [-0.2, -0.15) is 13.2 Å². The van der Waals surface area contributed by atoms with Crippen LogP contribution in [0.1, 0.15) is 5.56 Å². The number of likely N-dealkylation sites (N-methyl/N-ethyl adjacent to an activating group) is 1. The molecule has 0 aromatic heterocycles. The summed E-state index contributed by atoms with van der Waals surface area (Å²) in [5.41, 5.74) is -0.300. The Balaban J connectivity index is 2.17. The highest BCUT2D eigenvalue weighted by Crippen LogP contribution is 2.32. The minimum Gasteiger partial charge on any atom is -0.343 e. The van der Waals surface area contributed by atoms with E-state index >= 15 is 0 Å². The predicted octanol–water partition coefficient (Wildman–Crippen LogP) is 2.02. The van der Waals surface area contributed by atoms with Gasteiger partial charge < -0.3 is 10.1 Å². The number of hydrogen-bond donors (Lipinski definition) is 2. The van der Waals surface area contributed by atoms with E-state index < -0.39 is 17.6 Å². The molecule has 1 aromatic carbocycles. The third-order valence-electron chi connectivity index (χ3n) is 2.37. The summed E-state index contributed by atoms with van der Waals surface area (Å²) in [5, 5.41) is 5.70. The highest BCUT2D eigenvalue weighted by Gasteiger charge is 2.43. The first-order valence-electron chi connectivity index (χ1n) is 4.73. The Morgan fingerprint density at radius 1 is 1.38 bits per heavy atom. The normalized spacial score (nSPS) is 24.2. The lowest BCUT2D eigenvalue weighted by molar-refractivity contribution is -0.137. The van der Waals surface area contributed by atoms with Gasteiger partial charge in [-0.3, -0.25) is 5.32 Å². The second-order valence-electron chi connectivity index (χ2n) is 3.57. The summed E-state index contributed by atoms with van der Waals surface area (Å²) in [7, 11) is 1.67. The molecule has 1 saturated heterocycles. The van der Waals surface area contributed by atoms with Crippen LogP contribution < -0.4 is 10.6 Å². The maximum Gasteiger partial charge on any atom is 0.416 e. The zero-order valence-electron chi connectivity index (χ0n) is 8.56. The van der Waals surface area contributed by atoms with E-state index in [1.54, 1.807) is 13.1 Å². The molecular weight excluding hydrogens is 221 g/mol. The summed E-state index contributed by atoms with van der Waals surface area (Å²) in [4.78, 5) is 0. The average molecular weight is 232 g/mol. The van der Waals surface area contributed by atoms with Crippen molar-refractivity contribution in [1.29, 1.82) is 0 Å². The molecule has 1 aliphatic heterocycles. The molecule has 0 spiro atoms. The molecular formula is C10H11F3N2O. The molecule has 1 unspecified atom stereocenters. The summed E-state index contributed by atoms with van der Waals surface area (Å²) in [6.07, 6.45) is -4.32. The summed E-state index contributed by atoms with van der Waals surface area (Å²) in [5.74, 6) is -0.704. The van der Waals surface area contributed by atoms with E-state index in [1.807, 2.05) is 0 Å². The van der Waals surface area contributed by atoms with Crippen LogP contribution in [0.5, 0.6) is 0 Å². The number of benzene rings is 1. The fourth-order valence-electron chi connectivity index (χ4n) is 1.36. The Morgan fingerprint density at radius 3 is 2.56 bits per heavy atom. The summed E-state index contributed by atoms with van der Waals surface area (Å²) < 4.78 is 42.3. The van der Waals surface area contributed by atoms with Crippen molar-refractivity contribution < 1.29 is 17.9 Å². The van der Waals surface area contributed by atoms with E-state index in [-0.39, 0.29) is 0 Å². The maximum absolute atomic E-state index is 12.4. The molecule has 1 aromatic rings. The van der Waals surface area contributed by atoms with Crippen molar-refractivity contribution in [1.82, 2.24) is 5.32 Å². The highest BCUT2D eigenvalue weighted by molar-refractivity contribution is 5.48. The van der Waals surface area contributed by atoms with Crippen LogP contribution in [0.15, 0.2) is 24.3 Å². The van der Waals surface area contributed by atoms with Gasteiger partial charge in [0.2, 0.25) is 5.85 Å². The second-order valence-corrected chi connectivity index (χ2v) is 3.57. The smallest absolute Gasteiger partial charge is 0.343 e. The summed E-state index contributed by atoms with van der Waals surface area (Å²) in [6.45, 7) is 0.430. The van der Waals surface area contributed by atoms with Crippen molar-refractivity contribution in [3.05, 3.63) is 29.8 Å². The minimum absolute atomic E-state index is 0.377. The Morgan fingerprint density at radius 2 is 2.06 bits per heavy atom. The van der Waals surface area contributed by atoms with E-state index in [0.29, 0.717) is 12.3 Å². The van der Waals surface area contributed by atoms with Crippen LogP contribution in [0, 0.1) is 0 Å². The molecule has 88 valence electrons. The molecule has 0 saturated carbocycles. The number of hydrogen-bond acceptors (Lipinski definition) is 3. The largest absolute Gasteiger partial charge is 0.416 e. The van der Waals surface area contributed by atoms with E-state index in [2.05, 4.69) is 10.6 Å². The molecule has 1 heterocycles. The van der Waals surface area contributed by atoms with Crippen molar-refractivity contribution in [2.24, 2.45) is 0 Å². The van der Waals surface area contributed by atoms with Crippen molar-refractivity contribution in [3.8, 4) is 0 Å². The predicted molar refractivity (Wildman–Crippen MR) is 52.8 cm³/mol. The highest BCUT2D eigenvalue weighted by atomic mass is 19.4. The van der Waals surface area contributed by atoms with Crippen LogP contribution in [-0.2, 0) is 10.9 Å². The molecule has 2 N–H and O–H groups in total. The third kappa shape index (κ3) is 2.28. The summed E-state index contributed by atoms with van der Waals surface area (Å²) in [6, 6.07) is 5.01. The van der Waals surface area contributed by atoms with Crippen LogP contribution in [0.2, 0.25) is 0 Å². The van der Waals surface area contributed by atoms with Crippen LogP contribution in [0.3, 0.4) is 0 Å². The van der Waals surface area contributed by atoms with Crippen LogP contribution in [-0.4, -0.2) is 19.5 Å². The van der Waals surface area contributed by atoms with Gasteiger partial charge in [-0.25, -0.2) is 0 Å². The van der Waals surface area contributed by atoms with E-state index in [1.165, 1.54) is 6.07 Å². The van der Waals surface area contributed by atoms with Gasteiger partial charge in [0.05, 0.1) is 5.56 Å². The first-order chi connectivity index (χ1) is 7.45. The zero-order chi connectivity index (χ0) is 11.8. The Hall–Kier alpha value is -1.27. The third-order valence-corrected chi connectivity index (χ3v) is 2.37. The lowest BCUT2D eigenvalue weighted by Gasteiger charge is -2.15. The fourth-order valence-corrected chi connectivity index (χ4v) is 1.36. The Kier molecular flexibility index (Phi) is 2.55. The Labute approximate surface area is 90.6 Å². The molecule has 0 aliphatic carbocycles. The molecule has 1 aliphatic rings. The lowest BCUT2D eigenvalue weighted by atomic mass is 10.2. The fraction of sp³-hybridized carbons (Fsp3) is 0.400. The van der Waals surface area contributed by atoms with Crippen molar-refractivity contribution in [2.45, 2.75) is 12.0 Å². The van der Waals surface area contributed by atoms with E-state index in [9.17, 15) is 13.2 Å². The van der Waals surface area contributed by atoms with Gasteiger partial charge in [-0.05, 0) is 25.2 Å². The molecule has 6 heteroatoms. The molecule has 16 heavy (non-hydrogen) atoms. The number of nitrogens with one attached hydrogen (secondary N) is 2. The van der Waals surface area contributed by atoms with Gasteiger partial charge in [-0.1, -0.05) is 6.07 Å². The summed E-state index contributed by atoms with van der Waals surface area (Å²) >= 11 is 0. The van der Waals surface area contributed by atoms with E-state index in [4.69, 9.17) is 4.74 Å². The molecule has 0 bridgehead atoms. The quantitative estimate of drug-likeness (QED) is 0.618. The molecule has 3 nitrogen and oxygen atoms in total. The molecule has 0 amide bonds. The van der Waals surface area contributed by atoms with Gasteiger partial charge >= 0.3 is 6.18 Å². The maximum atomic E-state index is 12.4. The SMILES string of the molecule is CNC1(Nc2cccc(C(F)(F)F)c2)CO1. The average Bonchev–Trinajstić information content (AvgIpc) is 2.98. The van der Waals surface area contributed by atoms with Gasteiger partial charge in [-0.15, -0.1) is 0 Å². The first kappa shape index (κ1) is 11.2. The van der Waals surface area contributed by atoms with Gasteiger partial charge in [0.1, 0.15) is 6.61 Å². The standard InChI is InChI=1S/C10H11F3N2O/c1-14-9(6-16-9)15-8-4-2-3-7(5-8)10(11,12)13/h2-5,14-15H,6H2,1H3. The van der Waals surface area contributed by atoms with Gasteiger partial charge in [0.25, 0.3) is 0 Å². The number of anilines is 1. The Bertz CT molecular complexity index is 388. The van der Waals surface area contributed by atoms with Crippen molar-refractivity contribution in [3.63, 3.8) is 0 Å². The monoisotopic (exact) mass is 232 g/mol. The number of rotatable bonds is 3. The number of ether oxygens (including phenoxy) is 1. The van der Waals surface area contributed by atoms with Gasteiger partial charge in [0.15, 0.2) is 0 Å². The second kappa shape index (κ2) is 3.64. The molecule has 1 fully saturated rings. The number of halogens is 3. The van der Waals surface area contributed by atoms with Crippen molar-refractivity contribution >= 4 is 5.69 Å². The molecule has 1 atom stereocenters. The topological polar surface area (TPSA) is 36.6 Å². The van der Waals surface area contributed by atoms with Crippen molar-refractivity contribution in [2.75, 3.05) is 19.0 Å². The number of epoxide rings is 1. The molecule has 0 radical (unpaired) electrons. The number of alkyl halides is 3. The van der Waals surface area contributed by atoms with Crippen LogP contribution in [0.4, 0.5) is 18.9 Å². The first-order valence-corrected chi connectivity index (χ1v) is 4.73. The minimum atomic E-state index is -4.32. The van der Waals surface area contributed by atoms with E-state index in [0.717, 1.165) is 12.1 Å². The van der Waals surface area contributed by atoms with Gasteiger partial charge in [0, 0.05) is 5.69 Å². The molecule has 2 rings (SSSR count). The van der Waals surface area contributed by atoms with Crippen LogP contribution in [0.25, 0.3) is 0 Å². The van der Waals surface area contributed by atoms with Crippen LogP contribution >= 0.6 is 0 Å². The zero-order valence-corrected chi connectivity index (χ0v) is 8.56.